The van der Waals surface area contributed by atoms with Gasteiger partial charge in [-0.2, -0.15) is 10.4 Å². The van der Waals surface area contributed by atoms with Crippen LogP contribution in [0.3, 0.4) is 0 Å². The van der Waals surface area contributed by atoms with Gasteiger partial charge in [0.25, 0.3) is 5.91 Å². The van der Waals surface area contributed by atoms with Gasteiger partial charge in [0.2, 0.25) is 5.91 Å². The monoisotopic (exact) mass is 323 g/mol. The Morgan fingerprint density at radius 1 is 1.50 bits per heavy atom. The van der Waals surface area contributed by atoms with Gasteiger partial charge < -0.3 is 9.80 Å². The number of carbonyl (C=O) groups excluding carboxylic acids is 2. The molecule has 0 spiro atoms. The first kappa shape index (κ1) is 14.7. The molecule has 2 amide bonds. The number of nitrogens with zero attached hydrogens (tertiary/aromatic N) is 5. The summed E-state index contributed by atoms with van der Waals surface area (Å²) < 4.78 is 1.75. The van der Waals surface area contributed by atoms with E-state index in [0.29, 0.717) is 18.7 Å². The third-order valence-corrected chi connectivity index (χ3v) is 5.06. The Morgan fingerprint density at radius 2 is 2.33 bits per heavy atom. The van der Waals surface area contributed by atoms with Crippen molar-refractivity contribution in [1.29, 1.82) is 5.26 Å². The maximum Gasteiger partial charge on any atom is 0.262 e. The van der Waals surface area contributed by atoms with Crippen LogP contribution in [0.5, 0.6) is 0 Å². The second kappa shape index (κ2) is 5.34. The minimum absolute atomic E-state index is 0.0346. The van der Waals surface area contributed by atoms with Gasteiger partial charge in [-0.3, -0.25) is 9.59 Å². The third-order valence-electron chi connectivity index (χ3n) is 5.06. The quantitative estimate of drug-likeness (QED) is 0.837. The molecule has 7 heteroatoms. The molecule has 24 heavy (non-hydrogen) atoms. The molecule has 0 N–H and O–H groups in total. The summed E-state index contributed by atoms with van der Waals surface area (Å²) in [6.07, 6.45) is 4.17. The van der Waals surface area contributed by atoms with Crippen molar-refractivity contribution in [3.8, 4) is 6.07 Å². The highest BCUT2D eigenvalue weighted by Gasteiger charge is 2.44. The van der Waals surface area contributed by atoms with Crippen molar-refractivity contribution in [2.24, 2.45) is 5.92 Å². The van der Waals surface area contributed by atoms with E-state index in [9.17, 15) is 9.59 Å². The number of hydrogen-bond donors (Lipinski definition) is 0. The third kappa shape index (κ3) is 1.99. The van der Waals surface area contributed by atoms with Crippen molar-refractivity contribution in [3.05, 3.63) is 30.1 Å². The predicted octanol–water partition coefficient (Wildman–Crippen LogP) is 1.45. The van der Waals surface area contributed by atoms with E-state index in [4.69, 9.17) is 5.26 Å². The van der Waals surface area contributed by atoms with E-state index < -0.39 is 0 Å². The molecule has 2 aliphatic heterocycles. The van der Waals surface area contributed by atoms with Gasteiger partial charge in [0.1, 0.15) is 6.42 Å². The Balaban J connectivity index is 1.67. The van der Waals surface area contributed by atoms with E-state index in [2.05, 4.69) is 12.0 Å². The zero-order chi connectivity index (χ0) is 16.8. The van der Waals surface area contributed by atoms with Crippen molar-refractivity contribution in [2.45, 2.75) is 25.8 Å². The van der Waals surface area contributed by atoms with E-state index in [1.54, 1.807) is 15.6 Å². The summed E-state index contributed by atoms with van der Waals surface area (Å²) >= 11 is 0. The lowest BCUT2D eigenvalue weighted by molar-refractivity contribution is -0.131. The molecular formula is C17H17N5O2. The number of hydrogen-bond acceptors (Lipinski definition) is 4. The number of rotatable bonds is 2. The molecule has 2 aromatic rings. The lowest BCUT2D eigenvalue weighted by Gasteiger charge is -2.47. The van der Waals surface area contributed by atoms with Crippen LogP contribution in [0.15, 0.2) is 24.5 Å². The van der Waals surface area contributed by atoms with E-state index in [0.717, 1.165) is 17.6 Å². The lowest BCUT2D eigenvalue weighted by Crippen LogP contribution is -2.59. The minimum atomic E-state index is -0.162. The molecule has 0 aromatic carbocycles. The number of piperidine rings is 1. The summed E-state index contributed by atoms with van der Waals surface area (Å²) in [5, 5.41) is 13.0. The molecule has 2 atom stereocenters. The van der Waals surface area contributed by atoms with E-state index in [1.807, 2.05) is 29.3 Å². The van der Waals surface area contributed by atoms with Crippen LogP contribution < -0.4 is 4.90 Å². The maximum absolute atomic E-state index is 12.6. The van der Waals surface area contributed by atoms with Gasteiger partial charge in [0, 0.05) is 19.3 Å². The number of nitriles is 1. The first-order valence-electron chi connectivity index (χ1n) is 8.06. The molecule has 4 heterocycles. The van der Waals surface area contributed by atoms with E-state index in [1.165, 1.54) is 0 Å². The molecule has 1 saturated heterocycles. The van der Waals surface area contributed by atoms with Crippen molar-refractivity contribution >= 4 is 23.0 Å². The molecule has 0 aliphatic carbocycles. The van der Waals surface area contributed by atoms with Gasteiger partial charge in [0.15, 0.2) is 0 Å². The van der Waals surface area contributed by atoms with Crippen LogP contribution in [-0.2, 0) is 4.79 Å². The number of likely N-dealkylation sites (tertiary alicyclic amines) is 1. The Hall–Kier alpha value is -2.88. The molecule has 1 fully saturated rings. The molecule has 2 unspecified atom stereocenters. The first-order chi connectivity index (χ1) is 11.6. The highest BCUT2D eigenvalue weighted by molar-refractivity contribution is 6.23. The van der Waals surface area contributed by atoms with Crippen LogP contribution >= 0.6 is 0 Å². The summed E-state index contributed by atoms with van der Waals surface area (Å²) in [6, 6.07) is 5.68. The number of aromatic nitrogens is 2. The first-order valence-corrected chi connectivity index (χ1v) is 8.06. The van der Waals surface area contributed by atoms with Crippen LogP contribution in [0.2, 0.25) is 0 Å². The molecular weight excluding hydrogens is 306 g/mol. The van der Waals surface area contributed by atoms with Crippen LogP contribution in [0.25, 0.3) is 5.52 Å². The second-order valence-corrected chi connectivity index (χ2v) is 6.43. The molecule has 0 bridgehead atoms. The summed E-state index contributed by atoms with van der Waals surface area (Å²) in [4.78, 5) is 28.2. The Morgan fingerprint density at radius 3 is 3.12 bits per heavy atom. The Kier molecular flexibility index (Phi) is 3.27. The summed E-state index contributed by atoms with van der Waals surface area (Å²) in [7, 11) is 0. The van der Waals surface area contributed by atoms with Crippen molar-refractivity contribution < 1.29 is 9.59 Å². The van der Waals surface area contributed by atoms with Crippen LogP contribution in [0.1, 0.15) is 30.1 Å². The topological polar surface area (TPSA) is 81.7 Å². The van der Waals surface area contributed by atoms with Gasteiger partial charge in [0.05, 0.1) is 35.1 Å². The van der Waals surface area contributed by atoms with Gasteiger partial charge in [-0.25, -0.2) is 4.52 Å². The fraction of sp³-hybridized carbons (Fsp3) is 0.412. The van der Waals surface area contributed by atoms with Gasteiger partial charge >= 0.3 is 0 Å². The molecule has 2 aliphatic rings. The van der Waals surface area contributed by atoms with Crippen molar-refractivity contribution in [3.63, 3.8) is 0 Å². The molecule has 4 rings (SSSR count). The van der Waals surface area contributed by atoms with E-state index in [-0.39, 0.29) is 30.2 Å². The summed E-state index contributed by atoms with van der Waals surface area (Å²) in [6.45, 7) is 3.23. The minimum Gasteiger partial charge on any atom is -0.340 e. The average molecular weight is 323 g/mol. The second-order valence-electron chi connectivity index (χ2n) is 6.43. The average Bonchev–Trinajstić information content (AvgIpc) is 3.04. The molecule has 0 saturated carbocycles. The van der Waals surface area contributed by atoms with Gasteiger partial charge in [-0.15, -0.1) is 0 Å². The molecule has 0 radical (unpaired) electrons. The van der Waals surface area contributed by atoms with Crippen molar-refractivity contribution in [2.75, 3.05) is 18.0 Å². The SMILES string of the molecule is CC1CCN(C(=O)CC#N)CC1N1C(=O)c2cnn3cccc3c21. The Bertz CT molecular complexity index is 881. The zero-order valence-electron chi connectivity index (χ0n) is 13.3. The predicted molar refractivity (Wildman–Crippen MR) is 86.4 cm³/mol. The maximum atomic E-state index is 12.6. The lowest BCUT2D eigenvalue weighted by atomic mass is 9.88. The van der Waals surface area contributed by atoms with Crippen LogP contribution in [0.4, 0.5) is 5.69 Å². The molecule has 2 aromatic heterocycles. The number of amides is 2. The standard InChI is InChI=1S/C17H17N5O2/c1-11-5-8-20(15(23)4-6-18)10-14(11)22-16-12(17(22)24)9-19-21-7-2-3-13(16)21/h2-3,7,9,11,14H,4-5,8,10H2,1H3. The van der Waals surface area contributed by atoms with E-state index >= 15 is 0 Å². The zero-order valence-corrected chi connectivity index (χ0v) is 13.3. The molecule has 122 valence electrons. The summed E-state index contributed by atoms with van der Waals surface area (Å²) in [5.74, 6) is 0.0919. The highest BCUT2D eigenvalue weighted by Crippen LogP contribution is 2.40. The fourth-order valence-corrected chi connectivity index (χ4v) is 3.68. The largest absolute Gasteiger partial charge is 0.340 e. The number of carbonyl (C=O) groups is 2. The van der Waals surface area contributed by atoms with Crippen LogP contribution in [-0.4, -0.2) is 45.5 Å². The normalized spacial score (nSPS) is 22.9. The molecule has 7 nitrogen and oxygen atoms in total. The smallest absolute Gasteiger partial charge is 0.262 e. The Labute approximate surface area is 139 Å². The van der Waals surface area contributed by atoms with Gasteiger partial charge in [-0.05, 0) is 24.5 Å². The number of anilines is 1. The highest BCUT2D eigenvalue weighted by atomic mass is 16.2. The summed E-state index contributed by atoms with van der Waals surface area (Å²) in [5.41, 5.74) is 2.43. The number of fused-ring (bicyclic) bond motifs is 3. The van der Waals surface area contributed by atoms with Gasteiger partial charge in [-0.1, -0.05) is 6.92 Å². The van der Waals surface area contributed by atoms with Crippen LogP contribution in [0, 0.1) is 17.2 Å². The van der Waals surface area contributed by atoms with Crippen molar-refractivity contribution in [1.82, 2.24) is 14.5 Å². The fourth-order valence-electron chi connectivity index (χ4n) is 3.68.